The molecule has 210 valence electrons. The molecule has 5 rings (SSSR count). The predicted octanol–water partition coefficient (Wildman–Crippen LogP) is 5.56. The summed E-state index contributed by atoms with van der Waals surface area (Å²) in [7, 11) is 2.94. The van der Waals surface area contributed by atoms with E-state index in [1.807, 2.05) is 25.1 Å². The van der Waals surface area contributed by atoms with Crippen molar-refractivity contribution in [3.63, 3.8) is 0 Å². The van der Waals surface area contributed by atoms with Crippen LogP contribution < -0.4 is 14.8 Å². The van der Waals surface area contributed by atoms with Crippen molar-refractivity contribution in [1.82, 2.24) is 20.3 Å². The lowest BCUT2D eigenvalue weighted by molar-refractivity contribution is -0.123. The number of fused-ring (bicyclic) bond motifs is 1. The van der Waals surface area contributed by atoms with Crippen LogP contribution in [0.2, 0.25) is 0 Å². The number of aromatic amines is 1. The second-order valence-corrected chi connectivity index (χ2v) is 9.77. The number of phenolic OH excluding ortho intramolecular Hbond substituents is 1. The molecule has 3 N–H and O–H groups in total. The van der Waals surface area contributed by atoms with Crippen molar-refractivity contribution in [2.24, 2.45) is 5.92 Å². The number of phenols is 1. The number of carbonyl (C=O) groups excluding carboxylic acids is 1. The van der Waals surface area contributed by atoms with Crippen LogP contribution in [0.4, 0.5) is 4.39 Å². The molecular weight excluding hydrogens is 523 g/mol. The van der Waals surface area contributed by atoms with Gasteiger partial charge in [-0.3, -0.25) is 9.78 Å². The third-order valence-corrected chi connectivity index (χ3v) is 7.26. The summed E-state index contributed by atoms with van der Waals surface area (Å²) < 4.78 is 25.4. The van der Waals surface area contributed by atoms with Crippen LogP contribution in [0.1, 0.15) is 41.4 Å². The van der Waals surface area contributed by atoms with E-state index in [1.165, 1.54) is 26.4 Å². The van der Waals surface area contributed by atoms with Crippen LogP contribution in [0, 0.1) is 11.7 Å². The van der Waals surface area contributed by atoms with Crippen molar-refractivity contribution >= 4 is 23.1 Å². The molecule has 1 amide bonds. The van der Waals surface area contributed by atoms with Crippen LogP contribution in [0.5, 0.6) is 17.2 Å². The first-order valence-electron chi connectivity index (χ1n) is 13.2. The minimum atomic E-state index is -0.577. The van der Waals surface area contributed by atoms with E-state index in [1.54, 1.807) is 43.0 Å². The zero-order valence-electron chi connectivity index (χ0n) is 23.1. The summed E-state index contributed by atoms with van der Waals surface area (Å²) in [6, 6.07) is 11.8. The number of benzene rings is 2. The van der Waals surface area contributed by atoms with E-state index in [-0.39, 0.29) is 29.0 Å². The molecule has 2 heterocycles. The number of carbonyl (C=O) groups is 1. The van der Waals surface area contributed by atoms with Crippen LogP contribution in [-0.4, -0.2) is 40.2 Å². The molecule has 0 radical (unpaired) electrons. The lowest BCUT2D eigenvalue weighted by atomic mass is 9.87. The molecule has 1 atom stereocenters. The lowest BCUT2D eigenvalue weighted by Gasteiger charge is -2.20. The molecule has 0 fully saturated rings. The van der Waals surface area contributed by atoms with E-state index in [0.29, 0.717) is 24.9 Å². The van der Waals surface area contributed by atoms with Gasteiger partial charge in [-0.1, -0.05) is 12.1 Å². The minimum Gasteiger partial charge on any atom is -0.502 e. The number of H-pyrrole nitrogens is 1. The standard InChI is InChI=1S/C32H31FN4O4/c1-19-25(13-21-14-27(40-2)31(38)28(15-21)41-3)23-7-6-22(33)16-26(23)30(19)24(8-9-29-35-11-12-36-29)32(39)37-18-20-5-4-10-34-17-20/h4-7,10-17,24,38H,8-9,18H2,1-3H3,(H,35,36)(H,37,39)/b25-13-. The van der Waals surface area contributed by atoms with Crippen LogP contribution in [0.3, 0.4) is 0 Å². The van der Waals surface area contributed by atoms with E-state index in [0.717, 1.165) is 39.2 Å². The Morgan fingerprint density at radius 2 is 1.90 bits per heavy atom. The monoisotopic (exact) mass is 554 g/mol. The first-order chi connectivity index (χ1) is 19.9. The summed E-state index contributed by atoms with van der Waals surface area (Å²) in [5, 5.41) is 13.4. The minimum absolute atomic E-state index is 0.0951. The molecule has 41 heavy (non-hydrogen) atoms. The van der Waals surface area contributed by atoms with Gasteiger partial charge in [-0.25, -0.2) is 9.37 Å². The van der Waals surface area contributed by atoms with Gasteiger partial charge in [-0.2, -0.15) is 0 Å². The van der Waals surface area contributed by atoms with Gasteiger partial charge >= 0.3 is 0 Å². The maximum absolute atomic E-state index is 14.7. The molecule has 0 saturated carbocycles. The smallest absolute Gasteiger partial charge is 0.227 e. The molecule has 9 heteroatoms. The highest BCUT2D eigenvalue weighted by atomic mass is 19.1. The molecule has 1 aliphatic rings. The van der Waals surface area contributed by atoms with Gasteiger partial charge in [0.15, 0.2) is 11.5 Å². The molecule has 8 nitrogen and oxygen atoms in total. The average molecular weight is 555 g/mol. The van der Waals surface area contributed by atoms with Gasteiger partial charge in [0.2, 0.25) is 11.7 Å². The maximum atomic E-state index is 14.7. The Kier molecular flexibility index (Phi) is 8.14. The van der Waals surface area contributed by atoms with Gasteiger partial charge in [-0.05, 0) is 88.7 Å². The predicted molar refractivity (Wildman–Crippen MR) is 155 cm³/mol. The molecule has 0 saturated heterocycles. The van der Waals surface area contributed by atoms with Crippen molar-refractivity contribution in [2.45, 2.75) is 26.3 Å². The number of nitrogens with zero attached hydrogens (tertiary/aromatic N) is 2. The second-order valence-electron chi connectivity index (χ2n) is 9.77. The lowest BCUT2D eigenvalue weighted by Crippen LogP contribution is -2.31. The summed E-state index contributed by atoms with van der Waals surface area (Å²) in [6.07, 6.45) is 9.75. The SMILES string of the molecule is COc1cc(/C=C2/C(C)=C(C(CCc3ncc[nH]3)C(=O)NCc3cccnc3)c3cc(F)ccc32)cc(OC)c1O. The maximum Gasteiger partial charge on any atom is 0.227 e. The Hall–Kier alpha value is -4.92. The van der Waals surface area contributed by atoms with Gasteiger partial charge in [0.1, 0.15) is 11.6 Å². The molecule has 4 aromatic rings. The Morgan fingerprint density at radius 3 is 2.56 bits per heavy atom. The Bertz CT molecular complexity index is 1590. The highest BCUT2D eigenvalue weighted by Gasteiger charge is 2.33. The fourth-order valence-corrected chi connectivity index (χ4v) is 5.26. The Balaban J connectivity index is 1.58. The van der Waals surface area contributed by atoms with E-state index in [4.69, 9.17) is 9.47 Å². The number of ether oxygens (including phenoxy) is 2. The van der Waals surface area contributed by atoms with E-state index in [9.17, 15) is 14.3 Å². The second kappa shape index (κ2) is 12.1. The van der Waals surface area contributed by atoms with Gasteiger partial charge in [-0.15, -0.1) is 0 Å². The van der Waals surface area contributed by atoms with Crippen molar-refractivity contribution in [2.75, 3.05) is 14.2 Å². The van der Waals surface area contributed by atoms with E-state index >= 15 is 0 Å². The number of nitrogens with one attached hydrogen (secondary N) is 2. The first-order valence-corrected chi connectivity index (χ1v) is 13.2. The van der Waals surface area contributed by atoms with Gasteiger partial charge < -0.3 is 24.9 Å². The van der Waals surface area contributed by atoms with E-state index < -0.39 is 5.92 Å². The number of hydrogen-bond acceptors (Lipinski definition) is 6. The van der Waals surface area contributed by atoms with Crippen molar-refractivity contribution in [3.05, 3.63) is 107 Å². The van der Waals surface area contributed by atoms with Crippen LogP contribution in [0.15, 0.2) is 72.8 Å². The number of methoxy groups -OCH3 is 2. The number of aromatic nitrogens is 3. The first kappa shape index (κ1) is 27.6. The van der Waals surface area contributed by atoms with Crippen LogP contribution in [0.25, 0.3) is 17.2 Å². The number of amides is 1. The number of aryl methyl sites for hydroxylation is 1. The number of hydrogen-bond donors (Lipinski definition) is 3. The molecule has 2 aromatic heterocycles. The molecule has 1 aliphatic carbocycles. The number of aromatic hydroxyl groups is 1. The zero-order chi connectivity index (χ0) is 28.9. The van der Waals surface area contributed by atoms with Crippen molar-refractivity contribution in [1.29, 1.82) is 0 Å². The van der Waals surface area contributed by atoms with Gasteiger partial charge in [0, 0.05) is 37.8 Å². The van der Waals surface area contributed by atoms with Crippen LogP contribution in [-0.2, 0) is 17.8 Å². The van der Waals surface area contributed by atoms with Crippen molar-refractivity contribution < 1.29 is 23.8 Å². The molecule has 0 aliphatic heterocycles. The highest BCUT2D eigenvalue weighted by molar-refractivity contribution is 6.09. The molecular formula is C32H31FN4O4. The number of rotatable bonds is 10. The molecule has 1 unspecified atom stereocenters. The molecule has 2 aromatic carbocycles. The quantitative estimate of drug-likeness (QED) is 0.237. The zero-order valence-corrected chi connectivity index (χ0v) is 23.1. The number of allylic oxidation sites excluding steroid dienone is 2. The average Bonchev–Trinajstić information content (AvgIpc) is 3.60. The third-order valence-electron chi connectivity index (χ3n) is 7.26. The fourth-order valence-electron chi connectivity index (χ4n) is 5.26. The topological polar surface area (TPSA) is 109 Å². The summed E-state index contributed by atoms with van der Waals surface area (Å²) in [5.74, 6) is 0.0743. The summed E-state index contributed by atoms with van der Waals surface area (Å²) in [6.45, 7) is 2.27. The molecule has 0 spiro atoms. The fraction of sp³-hybridized carbons (Fsp3) is 0.219. The summed E-state index contributed by atoms with van der Waals surface area (Å²) in [5.41, 5.74) is 5.55. The summed E-state index contributed by atoms with van der Waals surface area (Å²) >= 11 is 0. The van der Waals surface area contributed by atoms with E-state index in [2.05, 4.69) is 20.3 Å². The number of halogens is 1. The van der Waals surface area contributed by atoms with Crippen molar-refractivity contribution in [3.8, 4) is 17.2 Å². The Labute approximate surface area is 237 Å². The highest BCUT2D eigenvalue weighted by Crippen LogP contribution is 2.47. The normalized spacial score (nSPS) is 14.2. The molecule has 0 bridgehead atoms. The summed E-state index contributed by atoms with van der Waals surface area (Å²) in [4.78, 5) is 25.4. The largest absolute Gasteiger partial charge is 0.502 e. The van der Waals surface area contributed by atoms with Gasteiger partial charge in [0.05, 0.1) is 20.1 Å². The number of pyridine rings is 1. The number of imidazole rings is 1. The Morgan fingerprint density at radius 1 is 1.12 bits per heavy atom. The van der Waals surface area contributed by atoms with Gasteiger partial charge in [0.25, 0.3) is 0 Å². The third kappa shape index (κ3) is 5.84. The van der Waals surface area contributed by atoms with Crippen LogP contribution >= 0.6 is 0 Å².